The molecular weight excluding hydrogens is 435 g/mol. The maximum absolute atomic E-state index is 13.7. The quantitative estimate of drug-likeness (QED) is 0.332. The number of carbonyl (C=O) groups excluding carboxylic acids is 1. The highest BCUT2D eigenvalue weighted by atomic mass is 32.2. The van der Waals surface area contributed by atoms with Crippen LogP contribution in [0.3, 0.4) is 0 Å². The molecule has 5 nitrogen and oxygen atoms in total. The van der Waals surface area contributed by atoms with Crippen LogP contribution in [0.2, 0.25) is 0 Å². The first kappa shape index (κ1) is 19.6. The van der Waals surface area contributed by atoms with E-state index in [2.05, 4.69) is 5.10 Å². The lowest BCUT2D eigenvalue weighted by Gasteiger charge is -2.17. The van der Waals surface area contributed by atoms with Gasteiger partial charge in [-0.2, -0.15) is 5.10 Å². The number of nitrogens with zero attached hydrogens (tertiary/aromatic N) is 2. The van der Waals surface area contributed by atoms with Gasteiger partial charge in [0.25, 0.3) is 0 Å². The zero-order valence-corrected chi connectivity index (χ0v) is 17.7. The average Bonchev–Trinajstić information content (AvgIpc) is 3.42. The Balaban J connectivity index is 1.67. The lowest BCUT2D eigenvalue weighted by molar-refractivity contribution is 0.103. The van der Waals surface area contributed by atoms with Crippen LogP contribution in [0.1, 0.15) is 15.9 Å². The van der Waals surface area contributed by atoms with E-state index in [9.17, 15) is 17.6 Å². The fourth-order valence-corrected chi connectivity index (χ4v) is 5.85. The van der Waals surface area contributed by atoms with E-state index in [1.807, 2.05) is 47.8 Å². The number of benzene rings is 2. The summed E-state index contributed by atoms with van der Waals surface area (Å²) in [5.41, 5.74) is 2.04. The van der Waals surface area contributed by atoms with Crippen LogP contribution in [0.5, 0.6) is 0 Å². The van der Waals surface area contributed by atoms with Gasteiger partial charge in [0, 0.05) is 22.9 Å². The van der Waals surface area contributed by atoms with Crippen LogP contribution < -0.4 is 0 Å². The van der Waals surface area contributed by atoms with Gasteiger partial charge in [-0.3, -0.25) is 4.79 Å². The highest BCUT2D eigenvalue weighted by molar-refractivity contribution is 7.91. The number of carbonyl (C=O) groups is 1. The third-order valence-electron chi connectivity index (χ3n) is 5.01. The second-order valence-corrected chi connectivity index (χ2v) is 9.99. The van der Waals surface area contributed by atoms with Crippen molar-refractivity contribution in [3.05, 3.63) is 94.8 Å². The second kappa shape index (κ2) is 7.40. The van der Waals surface area contributed by atoms with Crippen LogP contribution in [0.15, 0.2) is 82.7 Å². The lowest BCUT2D eigenvalue weighted by atomic mass is 10.0. The van der Waals surface area contributed by atoms with Crippen molar-refractivity contribution in [3.8, 4) is 16.3 Å². The van der Waals surface area contributed by atoms with Crippen molar-refractivity contribution in [1.29, 1.82) is 0 Å². The molecule has 0 atom stereocenters. The van der Waals surface area contributed by atoms with Crippen LogP contribution in [0.25, 0.3) is 22.3 Å². The van der Waals surface area contributed by atoms with Crippen LogP contribution >= 0.6 is 11.3 Å². The molecule has 0 unspecified atom stereocenters. The predicted octanol–water partition coefficient (Wildman–Crippen LogP) is 4.79. The summed E-state index contributed by atoms with van der Waals surface area (Å²) in [5.74, 6) is -1.58. The SMILES string of the molecule is O=C1/C(=C/c2cn(-c3ccccc3)nc2-c2cccs2)CS(=O)(=O)c2ccc(F)cc21. The molecule has 0 saturated carbocycles. The molecule has 31 heavy (non-hydrogen) atoms. The normalized spacial score (nSPS) is 16.4. The van der Waals surface area contributed by atoms with Crippen molar-refractivity contribution in [1.82, 2.24) is 9.78 Å². The fraction of sp³-hybridized carbons (Fsp3) is 0.0435. The molecule has 2 aromatic carbocycles. The summed E-state index contributed by atoms with van der Waals surface area (Å²) in [7, 11) is -3.75. The van der Waals surface area contributed by atoms with Crippen LogP contribution in [-0.4, -0.2) is 29.7 Å². The Morgan fingerprint density at radius 2 is 1.87 bits per heavy atom. The average molecular weight is 451 g/mol. The van der Waals surface area contributed by atoms with Gasteiger partial charge in [0.15, 0.2) is 15.6 Å². The number of Topliss-reactive ketones (excluding diaryl/α,β-unsaturated/α-hetero) is 1. The zero-order chi connectivity index (χ0) is 21.6. The second-order valence-electron chi connectivity index (χ2n) is 7.09. The molecule has 2 aromatic heterocycles. The largest absolute Gasteiger partial charge is 0.289 e. The van der Waals surface area contributed by atoms with Gasteiger partial charge < -0.3 is 0 Å². The van der Waals surface area contributed by atoms with E-state index in [1.54, 1.807) is 17.0 Å². The van der Waals surface area contributed by atoms with Gasteiger partial charge in [-0.1, -0.05) is 24.3 Å². The number of ketones is 1. The summed E-state index contributed by atoms with van der Waals surface area (Å²) >= 11 is 1.49. The highest BCUT2D eigenvalue weighted by Crippen LogP contribution is 2.33. The summed E-state index contributed by atoms with van der Waals surface area (Å²) in [6.07, 6.45) is 3.31. The monoisotopic (exact) mass is 450 g/mol. The van der Waals surface area contributed by atoms with E-state index < -0.39 is 27.2 Å². The number of fused-ring (bicyclic) bond motifs is 1. The van der Waals surface area contributed by atoms with Gasteiger partial charge in [0.2, 0.25) is 0 Å². The Hall–Kier alpha value is -3.36. The molecule has 0 radical (unpaired) electrons. The number of thiophene rings is 1. The maximum atomic E-state index is 13.7. The van der Waals surface area contributed by atoms with Crippen LogP contribution in [-0.2, 0) is 9.84 Å². The van der Waals surface area contributed by atoms with Crippen molar-refractivity contribution in [2.75, 3.05) is 5.75 Å². The number of rotatable bonds is 3. The predicted molar refractivity (Wildman–Crippen MR) is 118 cm³/mol. The zero-order valence-electron chi connectivity index (χ0n) is 16.0. The summed E-state index contributed by atoms with van der Waals surface area (Å²) in [5, 5.41) is 6.59. The van der Waals surface area contributed by atoms with Crippen molar-refractivity contribution >= 4 is 33.0 Å². The Labute approximate surface area is 182 Å². The van der Waals surface area contributed by atoms with Gasteiger partial charge in [-0.05, 0) is 47.9 Å². The van der Waals surface area contributed by atoms with Gasteiger partial charge in [-0.15, -0.1) is 11.3 Å². The third kappa shape index (κ3) is 3.54. The molecule has 154 valence electrons. The Morgan fingerprint density at radius 1 is 1.06 bits per heavy atom. The fourth-order valence-electron chi connectivity index (χ4n) is 3.58. The van der Waals surface area contributed by atoms with Gasteiger partial charge >= 0.3 is 0 Å². The molecule has 0 bridgehead atoms. The summed E-state index contributed by atoms with van der Waals surface area (Å²) in [6.45, 7) is 0. The van der Waals surface area contributed by atoms with E-state index in [-0.39, 0.29) is 16.0 Å². The standard InChI is InChI=1S/C23H15FN2O3S2/c24-17-8-9-21-19(12-17)23(27)16(14-31(21,28)29)11-15-13-26(18-5-2-1-3-6-18)25-22(15)20-7-4-10-30-20/h1-13H,14H2/b16-11+. The van der Waals surface area contributed by atoms with Crippen molar-refractivity contribution in [2.45, 2.75) is 4.90 Å². The van der Waals surface area contributed by atoms with Crippen molar-refractivity contribution in [2.24, 2.45) is 0 Å². The molecule has 0 saturated heterocycles. The molecule has 3 heterocycles. The lowest BCUT2D eigenvalue weighted by Crippen LogP contribution is -2.24. The number of hydrogen-bond donors (Lipinski definition) is 0. The molecule has 0 spiro atoms. The van der Waals surface area contributed by atoms with Crippen molar-refractivity contribution < 1.29 is 17.6 Å². The van der Waals surface area contributed by atoms with E-state index in [0.29, 0.717) is 11.3 Å². The van der Waals surface area contributed by atoms with Gasteiger partial charge in [0.05, 0.1) is 21.2 Å². The smallest absolute Gasteiger partial charge is 0.191 e. The summed E-state index contributed by atoms with van der Waals surface area (Å²) in [6, 6.07) is 16.5. The van der Waals surface area contributed by atoms with E-state index >= 15 is 0 Å². The molecule has 1 aliphatic rings. The minimum absolute atomic E-state index is 0.0866. The highest BCUT2D eigenvalue weighted by Gasteiger charge is 2.33. The molecule has 0 aliphatic carbocycles. The minimum atomic E-state index is -3.75. The molecule has 1 aliphatic heterocycles. The number of sulfone groups is 1. The van der Waals surface area contributed by atoms with E-state index in [1.165, 1.54) is 11.3 Å². The number of halogens is 1. The van der Waals surface area contributed by atoms with Crippen LogP contribution in [0.4, 0.5) is 4.39 Å². The number of hydrogen-bond acceptors (Lipinski definition) is 5. The number of para-hydroxylation sites is 1. The minimum Gasteiger partial charge on any atom is -0.289 e. The van der Waals surface area contributed by atoms with E-state index in [0.717, 1.165) is 28.8 Å². The molecule has 8 heteroatoms. The van der Waals surface area contributed by atoms with Crippen LogP contribution in [0, 0.1) is 5.82 Å². The first-order valence-electron chi connectivity index (χ1n) is 9.39. The molecular formula is C23H15FN2O3S2. The molecule has 0 fully saturated rings. The Morgan fingerprint density at radius 3 is 2.61 bits per heavy atom. The Kier molecular flexibility index (Phi) is 4.68. The topological polar surface area (TPSA) is 69.0 Å². The Bertz CT molecular complexity index is 1440. The molecule has 5 rings (SSSR count). The number of aromatic nitrogens is 2. The molecule has 0 N–H and O–H groups in total. The summed E-state index contributed by atoms with van der Waals surface area (Å²) < 4.78 is 40.9. The van der Waals surface area contributed by atoms with E-state index in [4.69, 9.17) is 0 Å². The molecule has 4 aromatic rings. The maximum Gasteiger partial charge on any atom is 0.191 e. The van der Waals surface area contributed by atoms with Gasteiger partial charge in [0.1, 0.15) is 11.5 Å². The van der Waals surface area contributed by atoms with Crippen molar-refractivity contribution in [3.63, 3.8) is 0 Å². The molecule has 0 amide bonds. The third-order valence-corrected chi connectivity index (χ3v) is 7.60. The first-order valence-corrected chi connectivity index (χ1v) is 11.9. The van der Waals surface area contributed by atoms with Gasteiger partial charge in [-0.25, -0.2) is 17.5 Å². The first-order chi connectivity index (χ1) is 14.9. The summed E-state index contributed by atoms with van der Waals surface area (Å²) in [4.78, 5) is 13.8.